The smallest absolute Gasteiger partial charge is 0.268 e. The van der Waals surface area contributed by atoms with E-state index in [0.717, 1.165) is 11.1 Å². The Bertz CT molecular complexity index is 709. The second-order valence-electron chi connectivity index (χ2n) is 5.19. The van der Waals surface area contributed by atoms with Crippen LogP contribution in [0, 0.1) is 0 Å². The van der Waals surface area contributed by atoms with Crippen molar-refractivity contribution in [3.05, 3.63) is 72.6 Å². The molecule has 5 heteroatoms. The lowest BCUT2D eigenvalue weighted by atomic mass is 10.1. The molecule has 0 aliphatic heterocycles. The van der Waals surface area contributed by atoms with Crippen LogP contribution in [0.15, 0.2) is 61.4 Å². The van der Waals surface area contributed by atoms with E-state index in [1.54, 1.807) is 6.08 Å². The Kier molecular flexibility index (Phi) is 5.46. The van der Waals surface area contributed by atoms with E-state index >= 15 is 0 Å². The summed E-state index contributed by atoms with van der Waals surface area (Å²) in [4.78, 5) is 0. The summed E-state index contributed by atoms with van der Waals surface area (Å²) in [5, 5.41) is -0.810. The molecule has 0 amide bonds. The van der Waals surface area contributed by atoms with Crippen LogP contribution in [0.1, 0.15) is 17.5 Å². The number of rotatable bonds is 7. The fraction of sp³-hybridized carbons (Fsp3) is 0.235. The first kappa shape index (κ1) is 16.4. The molecular weight excluding hydrogens is 298 g/mol. The van der Waals surface area contributed by atoms with Crippen LogP contribution in [0.2, 0.25) is 0 Å². The number of nitrogens with zero attached hydrogens (tertiary/aromatic N) is 1. The number of aromatic nitrogens is 1. The molecule has 0 aliphatic rings. The van der Waals surface area contributed by atoms with Gasteiger partial charge in [-0.1, -0.05) is 43.0 Å². The van der Waals surface area contributed by atoms with Crippen LogP contribution in [-0.2, 0) is 23.1 Å². The molecule has 1 heterocycles. The van der Waals surface area contributed by atoms with Crippen molar-refractivity contribution in [1.29, 1.82) is 0 Å². The standard InChI is InChI=1S/C17H19NO3S/c1-2-15-6-8-16(9-7-15)14-17(22(19,20)21)10-13-18-11-4-3-5-12-18/h2-9,11-12,17H,1,10,13-14H2/p+1. The molecule has 1 aromatic heterocycles. The lowest BCUT2D eigenvalue weighted by Gasteiger charge is -2.12. The molecule has 0 bridgehead atoms. The first-order valence-corrected chi connectivity index (χ1v) is 8.61. The molecule has 1 atom stereocenters. The molecule has 116 valence electrons. The first-order chi connectivity index (χ1) is 10.5. The third-order valence-electron chi connectivity index (χ3n) is 3.59. The van der Waals surface area contributed by atoms with Gasteiger partial charge in [0, 0.05) is 18.6 Å². The fourth-order valence-electron chi connectivity index (χ4n) is 2.29. The van der Waals surface area contributed by atoms with Crippen molar-refractivity contribution in [2.24, 2.45) is 0 Å². The van der Waals surface area contributed by atoms with Crippen LogP contribution in [0.3, 0.4) is 0 Å². The molecule has 22 heavy (non-hydrogen) atoms. The Labute approximate surface area is 131 Å². The van der Waals surface area contributed by atoms with E-state index in [4.69, 9.17) is 0 Å². The van der Waals surface area contributed by atoms with Crippen molar-refractivity contribution in [2.45, 2.75) is 24.6 Å². The Morgan fingerprint density at radius 1 is 1.14 bits per heavy atom. The van der Waals surface area contributed by atoms with E-state index in [1.165, 1.54) is 0 Å². The van der Waals surface area contributed by atoms with Gasteiger partial charge in [-0.15, -0.1) is 0 Å². The van der Waals surface area contributed by atoms with Gasteiger partial charge < -0.3 is 0 Å². The van der Waals surface area contributed by atoms with Crippen molar-refractivity contribution in [3.8, 4) is 0 Å². The topological polar surface area (TPSA) is 58.2 Å². The maximum absolute atomic E-state index is 11.6. The average Bonchev–Trinajstić information content (AvgIpc) is 2.52. The largest absolute Gasteiger partial charge is 0.285 e. The van der Waals surface area contributed by atoms with Gasteiger partial charge in [0.05, 0.1) is 5.25 Å². The zero-order valence-electron chi connectivity index (χ0n) is 12.3. The van der Waals surface area contributed by atoms with E-state index in [0.29, 0.717) is 19.4 Å². The van der Waals surface area contributed by atoms with Gasteiger partial charge in [-0.25, -0.2) is 4.57 Å². The van der Waals surface area contributed by atoms with Gasteiger partial charge in [-0.05, 0) is 17.5 Å². The zero-order chi connectivity index (χ0) is 16.0. The van der Waals surface area contributed by atoms with E-state index in [-0.39, 0.29) is 0 Å². The Morgan fingerprint density at radius 3 is 2.32 bits per heavy atom. The van der Waals surface area contributed by atoms with Gasteiger partial charge in [-0.3, -0.25) is 4.55 Å². The second kappa shape index (κ2) is 7.33. The van der Waals surface area contributed by atoms with E-state index in [1.807, 2.05) is 59.4 Å². The Morgan fingerprint density at radius 2 is 1.77 bits per heavy atom. The van der Waals surface area contributed by atoms with Crippen molar-refractivity contribution in [1.82, 2.24) is 0 Å². The third kappa shape index (κ3) is 4.79. The highest BCUT2D eigenvalue weighted by atomic mass is 32.2. The number of benzene rings is 1. The van der Waals surface area contributed by atoms with Gasteiger partial charge in [0.1, 0.15) is 6.54 Å². The highest BCUT2D eigenvalue weighted by Crippen LogP contribution is 2.14. The molecule has 1 unspecified atom stereocenters. The number of hydrogen-bond acceptors (Lipinski definition) is 2. The summed E-state index contributed by atoms with van der Waals surface area (Å²) in [5.41, 5.74) is 1.86. The fourth-order valence-corrected chi connectivity index (χ4v) is 3.09. The average molecular weight is 318 g/mol. The van der Waals surface area contributed by atoms with Crippen molar-refractivity contribution in [3.63, 3.8) is 0 Å². The molecule has 0 fully saturated rings. The molecule has 0 saturated heterocycles. The minimum Gasteiger partial charge on any atom is -0.285 e. The number of aryl methyl sites for hydroxylation is 1. The van der Waals surface area contributed by atoms with Crippen LogP contribution in [0.5, 0.6) is 0 Å². The predicted molar refractivity (Wildman–Crippen MR) is 86.8 cm³/mol. The van der Waals surface area contributed by atoms with Gasteiger partial charge in [0.25, 0.3) is 10.1 Å². The van der Waals surface area contributed by atoms with Crippen LogP contribution >= 0.6 is 0 Å². The molecular formula is C17H20NO3S+. The second-order valence-corrected chi connectivity index (χ2v) is 6.89. The molecule has 0 saturated carbocycles. The minimum absolute atomic E-state index is 0.295. The van der Waals surface area contributed by atoms with Crippen molar-refractivity contribution >= 4 is 16.2 Å². The van der Waals surface area contributed by atoms with E-state index in [9.17, 15) is 13.0 Å². The summed E-state index contributed by atoms with van der Waals surface area (Å²) in [6.07, 6.45) is 6.14. The zero-order valence-corrected chi connectivity index (χ0v) is 13.1. The molecule has 0 aliphatic carbocycles. The van der Waals surface area contributed by atoms with Crippen molar-refractivity contribution in [2.75, 3.05) is 0 Å². The Balaban J connectivity index is 2.07. The lowest BCUT2D eigenvalue weighted by Crippen LogP contribution is -2.36. The number of hydrogen-bond donors (Lipinski definition) is 1. The van der Waals surface area contributed by atoms with Gasteiger partial charge >= 0.3 is 0 Å². The van der Waals surface area contributed by atoms with E-state index in [2.05, 4.69) is 6.58 Å². The highest BCUT2D eigenvalue weighted by molar-refractivity contribution is 7.86. The van der Waals surface area contributed by atoms with E-state index < -0.39 is 15.4 Å². The molecule has 2 aromatic rings. The molecule has 2 rings (SSSR count). The number of pyridine rings is 1. The van der Waals surface area contributed by atoms with Gasteiger partial charge in [-0.2, -0.15) is 8.42 Å². The molecule has 1 aromatic carbocycles. The van der Waals surface area contributed by atoms with Crippen molar-refractivity contribution < 1.29 is 17.5 Å². The molecule has 0 spiro atoms. The van der Waals surface area contributed by atoms with Gasteiger partial charge in [0.2, 0.25) is 0 Å². The highest BCUT2D eigenvalue weighted by Gasteiger charge is 2.24. The minimum atomic E-state index is -4.08. The summed E-state index contributed by atoms with van der Waals surface area (Å²) in [7, 11) is -4.08. The summed E-state index contributed by atoms with van der Waals surface area (Å²) >= 11 is 0. The summed E-state index contributed by atoms with van der Waals surface area (Å²) in [6, 6.07) is 13.2. The van der Waals surface area contributed by atoms with Gasteiger partial charge in [0.15, 0.2) is 12.4 Å². The first-order valence-electron chi connectivity index (χ1n) is 7.11. The predicted octanol–water partition coefficient (Wildman–Crippen LogP) is 2.51. The van der Waals surface area contributed by atoms with Crippen LogP contribution in [0.25, 0.3) is 6.08 Å². The molecule has 4 nitrogen and oxygen atoms in total. The summed E-state index contributed by atoms with van der Waals surface area (Å²) in [5.74, 6) is 0. The Hall–Kier alpha value is -1.98. The molecule has 0 radical (unpaired) electrons. The molecule has 1 N–H and O–H groups in total. The lowest BCUT2D eigenvalue weighted by molar-refractivity contribution is -0.697. The SMILES string of the molecule is C=Cc1ccc(CC(CC[n+]2ccccc2)S(=O)(=O)O)cc1. The quantitative estimate of drug-likeness (QED) is 0.630. The van der Waals surface area contributed by atoms with Crippen LogP contribution < -0.4 is 4.57 Å². The monoisotopic (exact) mass is 318 g/mol. The van der Waals surface area contributed by atoms with Crippen LogP contribution in [0.4, 0.5) is 0 Å². The maximum atomic E-state index is 11.6. The maximum Gasteiger partial charge on any atom is 0.268 e. The normalized spacial score (nSPS) is 12.8. The third-order valence-corrected chi connectivity index (χ3v) is 4.83. The summed E-state index contributed by atoms with van der Waals surface area (Å²) < 4.78 is 34.6. The van der Waals surface area contributed by atoms with Crippen LogP contribution in [-0.4, -0.2) is 18.2 Å². The summed E-state index contributed by atoms with van der Waals surface area (Å²) in [6.45, 7) is 4.22.